The lowest BCUT2D eigenvalue weighted by Gasteiger charge is -2.18. The van der Waals surface area contributed by atoms with Crippen LogP contribution in [0, 0.1) is 0 Å². The van der Waals surface area contributed by atoms with Crippen molar-refractivity contribution in [3.63, 3.8) is 0 Å². The first kappa shape index (κ1) is 21.3. The van der Waals surface area contributed by atoms with E-state index < -0.39 is 0 Å². The summed E-state index contributed by atoms with van der Waals surface area (Å²) in [5, 5.41) is 4.41. The van der Waals surface area contributed by atoms with Gasteiger partial charge in [-0.15, -0.1) is 0 Å². The van der Waals surface area contributed by atoms with Gasteiger partial charge in [0.2, 0.25) is 5.91 Å². The second-order valence-electron chi connectivity index (χ2n) is 8.27. The summed E-state index contributed by atoms with van der Waals surface area (Å²) in [4.78, 5) is 14.4. The lowest BCUT2D eigenvalue weighted by molar-refractivity contribution is -0.129. The number of nitrogens with one attached hydrogen (secondary N) is 2. The molecule has 6 nitrogen and oxygen atoms in total. The number of para-hydroxylation sites is 1. The van der Waals surface area contributed by atoms with Gasteiger partial charge in [0.15, 0.2) is 0 Å². The standard InChI is InChI=1S/C25H31N5O/c1-29(16-8-11-22-17-24(28-27-22)21-9-4-2-5-10-21)25(31)15-14-20-18-26-30(19-20)23-12-6-3-7-13-23/h2-7,9-10,12-13,18-19,22,24,27-28H,8,11,14-17H2,1H3. The van der Waals surface area contributed by atoms with Crippen molar-refractivity contribution >= 4 is 5.91 Å². The van der Waals surface area contributed by atoms with Crippen molar-refractivity contribution in [1.82, 2.24) is 25.5 Å². The fraction of sp³-hybridized carbons (Fsp3) is 0.360. The Balaban J connectivity index is 1.16. The third-order valence-electron chi connectivity index (χ3n) is 5.94. The molecule has 3 aromatic rings. The van der Waals surface area contributed by atoms with E-state index in [-0.39, 0.29) is 5.91 Å². The molecule has 2 heterocycles. The molecule has 2 unspecified atom stereocenters. The van der Waals surface area contributed by atoms with Gasteiger partial charge in [0.25, 0.3) is 0 Å². The molecule has 31 heavy (non-hydrogen) atoms. The van der Waals surface area contributed by atoms with Gasteiger partial charge >= 0.3 is 0 Å². The van der Waals surface area contributed by atoms with Gasteiger partial charge in [0.1, 0.15) is 0 Å². The molecule has 1 aromatic heterocycles. The molecule has 1 fully saturated rings. The normalized spacial score (nSPS) is 18.2. The van der Waals surface area contributed by atoms with Crippen LogP contribution in [0.5, 0.6) is 0 Å². The monoisotopic (exact) mass is 417 g/mol. The Morgan fingerprint density at radius 2 is 1.84 bits per heavy atom. The van der Waals surface area contributed by atoms with Crippen molar-refractivity contribution in [2.24, 2.45) is 0 Å². The second kappa shape index (κ2) is 10.4. The molecule has 1 saturated heterocycles. The fourth-order valence-corrected chi connectivity index (χ4v) is 4.07. The molecule has 6 heteroatoms. The summed E-state index contributed by atoms with van der Waals surface area (Å²) in [5.74, 6) is 0.187. The van der Waals surface area contributed by atoms with E-state index in [1.165, 1.54) is 5.56 Å². The zero-order valence-electron chi connectivity index (χ0n) is 18.1. The van der Waals surface area contributed by atoms with Gasteiger partial charge in [-0.3, -0.25) is 15.6 Å². The first-order valence-corrected chi connectivity index (χ1v) is 11.1. The van der Waals surface area contributed by atoms with Crippen LogP contribution in [0.25, 0.3) is 5.69 Å². The van der Waals surface area contributed by atoms with Crippen molar-refractivity contribution in [1.29, 1.82) is 0 Å². The molecule has 0 bridgehead atoms. The van der Waals surface area contributed by atoms with Crippen LogP contribution in [0.3, 0.4) is 0 Å². The van der Waals surface area contributed by atoms with E-state index in [1.807, 2.05) is 65.4 Å². The average Bonchev–Trinajstić information content (AvgIpc) is 3.48. The first-order valence-electron chi connectivity index (χ1n) is 11.1. The van der Waals surface area contributed by atoms with Crippen molar-refractivity contribution in [3.8, 4) is 5.69 Å². The highest BCUT2D eigenvalue weighted by molar-refractivity contribution is 5.76. The maximum absolute atomic E-state index is 12.5. The number of carbonyl (C=O) groups excluding carboxylic acids is 1. The fourth-order valence-electron chi connectivity index (χ4n) is 4.07. The highest BCUT2D eigenvalue weighted by Crippen LogP contribution is 2.23. The number of carbonyl (C=O) groups is 1. The van der Waals surface area contributed by atoms with Crippen LogP contribution in [0.1, 0.15) is 42.9 Å². The van der Waals surface area contributed by atoms with E-state index in [9.17, 15) is 4.79 Å². The van der Waals surface area contributed by atoms with E-state index in [1.54, 1.807) is 0 Å². The summed E-state index contributed by atoms with van der Waals surface area (Å²) >= 11 is 0. The predicted molar refractivity (Wildman–Crippen MR) is 123 cm³/mol. The van der Waals surface area contributed by atoms with Crippen molar-refractivity contribution in [2.45, 2.75) is 44.2 Å². The number of hydrogen-bond donors (Lipinski definition) is 2. The van der Waals surface area contributed by atoms with Gasteiger partial charge < -0.3 is 4.90 Å². The van der Waals surface area contributed by atoms with Crippen LogP contribution < -0.4 is 10.9 Å². The molecule has 2 atom stereocenters. The summed E-state index contributed by atoms with van der Waals surface area (Å²) < 4.78 is 1.86. The third-order valence-corrected chi connectivity index (χ3v) is 5.94. The Morgan fingerprint density at radius 1 is 1.10 bits per heavy atom. The average molecular weight is 418 g/mol. The number of aryl methyl sites for hydroxylation is 1. The van der Waals surface area contributed by atoms with Crippen LogP contribution in [0.4, 0.5) is 0 Å². The minimum Gasteiger partial charge on any atom is -0.346 e. The van der Waals surface area contributed by atoms with Gasteiger partial charge in [-0.1, -0.05) is 48.5 Å². The van der Waals surface area contributed by atoms with E-state index in [2.05, 4.69) is 40.2 Å². The van der Waals surface area contributed by atoms with E-state index in [4.69, 9.17) is 0 Å². The number of rotatable bonds is 9. The lowest BCUT2D eigenvalue weighted by atomic mass is 10.00. The maximum atomic E-state index is 12.5. The minimum atomic E-state index is 0.187. The summed E-state index contributed by atoms with van der Waals surface area (Å²) in [6.07, 6.45) is 8.20. The quantitative estimate of drug-likeness (QED) is 0.558. The topological polar surface area (TPSA) is 62.2 Å². The number of hydrogen-bond acceptors (Lipinski definition) is 4. The van der Waals surface area contributed by atoms with Gasteiger partial charge in [-0.25, -0.2) is 4.68 Å². The van der Waals surface area contributed by atoms with Gasteiger partial charge in [-0.2, -0.15) is 5.10 Å². The smallest absolute Gasteiger partial charge is 0.222 e. The predicted octanol–water partition coefficient (Wildman–Crippen LogP) is 3.65. The summed E-state index contributed by atoms with van der Waals surface area (Å²) in [5.41, 5.74) is 10.2. The van der Waals surface area contributed by atoms with Crippen LogP contribution in [0.2, 0.25) is 0 Å². The molecule has 0 saturated carbocycles. The minimum absolute atomic E-state index is 0.187. The highest BCUT2D eigenvalue weighted by atomic mass is 16.2. The largest absolute Gasteiger partial charge is 0.346 e. The molecule has 1 aliphatic heterocycles. The number of hydrazine groups is 1. The Kier molecular flexibility index (Phi) is 7.12. The molecular formula is C25H31N5O. The molecular weight excluding hydrogens is 386 g/mol. The lowest BCUT2D eigenvalue weighted by Crippen LogP contribution is -2.32. The van der Waals surface area contributed by atoms with Gasteiger partial charge in [0.05, 0.1) is 11.9 Å². The maximum Gasteiger partial charge on any atom is 0.222 e. The van der Waals surface area contributed by atoms with Crippen molar-refractivity contribution < 1.29 is 4.79 Å². The third kappa shape index (κ3) is 5.81. The summed E-state index contributed by atoms with van der Waals surface area (Å²) in [6.45, 7) is 0.788. The first-order chi connectivity index (χ1) is 15.2. The van der Waals surface area contributed by atoms with E-state index in [0.29, 0.717) is 24.9 Å². The SMILES string of the molecule is CN(CCCC1CC(c2ccccc2)NN1)C(=O)CCc1cnn(-c2ccccc2)c1. The molecule has 1 aliphatic rings. The Morgan fingerprint density at radius 3 is 2.61 bits per heavy atom. The molecule has 0 aliphatic carbocycles. The summed E-state index contributed by atoms with van der Waals surface area (Å²) in [7, 11) is 1.91. The van der Waals surface area contributed by atoms with Gasteiger partial charge in [-0.05, 0) is 48.9 Å². The van der Waals surface area contributed by atoms with Crippen LogP contribution in [-0.4, -0.2) is 40.2 Å². The zero-order valence-corrected chi connectivity index (χ0v) is 18.1. The molecule has 2 aromatic carbocycles. The zero-order chi connectivity index (χ0) is 21.5. The Labute approximate surface area is 184 Å². The number of nitrogens with zero attached hydrogens (tertiary/aromatic N) is 3. The van der Waals surface area contributed by atoms with E-state index >= 15 is 0 Å². The molecule has 0 radical (unpaired) electrons. The number of amides is 1. The van der Waals surface area contributed by atoms with Crippen molar-refractivity contribution in [3.05, 3.63) is 84.2 Å². The molecule has 2 N–H and O–H groups in total. The molecule has 162 valence electrons. The number of benzene rings is 2. The van der Waals surface area contributed by atoms with Crippen LogP contribution in [-0.2, 0) is 11.2 Å². The number of aromatic nitrogens is 2. The van der Waals surface area contributed by atoms with Crippen LogP contribution in [0.15, 0.2) is 73.1 Å². The molecule has 4 rings (SSSR count). The van der Waals surface area contributed by atoms with Crippen molar-refractivity contribution in [2.75, 3.05) is 13.6 Å². The highest BCUT2D eigenvalue weighted by Gasteiger charge is 2.24. The second-order valence-corrected chi connectivity index (χ2v) is 8.27. The molecule has 1 amide bonds. The Hall–Kier alpha value is -2.96. The van der Waals surface area contributed by atoms with Gasteiger partial charge in [0, 0.05) is 38.3 Å². The van der Waals surface area contributed by atoms with E-state index in [0.717, 1.165) is 37.1 Å². The van der Waals surface area contributed by atoms with Crippen LogP contribution >= 0.6 is 0 Å². The molecule has 0 spiro atoms. The Bertz CT molecular complexity index is 956. The summed E-state index contributed by atoms with van der Waals surface area (Å²) in [6, 6.07) is 21.4.